The summed E-state index contributed by atoms with van der Waals surface area (Å²) in [6.45, 7) is 11.8. The van der Waals surface area contributed by atoms with E-state index in [0.717, 1.165) is 42.4 Å². The van der Waals surface area contributed by atoms with Crippen LogP contribution in [0.4, 0.5) is 0 Å². The standard InChI is InChI=1S/C28H50O2/c1-19(13-17-28(5,30)20(2)18-29)23-11-12-24-22-10-9-21-8-6-7-15-26(21,3)25(22)14-16-27(23,24)4/h19-25,29-30H,6-18H2,1-5H3/t19-,20?,21?,22+,23-,24+,25+,26+,27-,28-/m1/s1. The minimum atomic E-state index is -0.743. The topological polar surface area (TPSA) is 40.5 Å². The molecule has 0 heterocycles. The van der Waals surface area contributed by atoms with Crippen molar-refractivity contribution >= 4 is 0 Å². The van der Waals surface area contributed by atoms with Crippen LogP contribution in [0.1, 0.15) is 112 Å². The Kier molecular flexibility index (Phi) is 6.44. The molecule has 0 radical (unpaired) electrons. The zero-order valence-electron chi connectivity index (χ0n) is 20.6. The van der Waals surface area contributed by atoms with Gasteiger partial charge >= 0.3 is 0 Å². The average molecular weight is 419 g/mol. The largest absolute Gasteiger partial charge is 0.396 e. The molecule has 10 atom stereocenters. The fourth-order valence-corrected chi connectivity index (χ4v) is 9.43. The van der Waals surface area contributed by atoms with E-state index in [-0.39, 0.29) is 12.5 Å². The number of hydrogen-bond donors (Lipinski definition) is 2. The molecule has 0 aromatic carbocycles. The molecule has 2 nitrogen and oxygen atoms in total. The summed E-state index contributed by atoms with van der Waals surface area (Å²) < 4.78 is 0. The van der Waals surface area contributed by atoms with Crippen molar-refractivity contribution in [2.24, 2.45) is 52.3 Å². The molecule has 0 saturated heterocycles. The smallest absolute Gasteiger partial charge is 0.0667 e. The van der Waals surface area contributed by atoms with E-state index in [1.54, 1.807) is 0 Å². The van der Waals surface area contributed by atoms with E-state index in [4.69, 9.17) is 0 Å². The fraction of sp³-hybridized carbons (Fsp3) is 1.00. The molecular weight excluding hydrogens is 368 g/mol. The maximum atomic E-state index is 10.8. The van der Waals surface area contributed by atoms with E-state index in [1.807, 2.05) is 13.8 Å². The zero-order chi connectivity index (χ0) is 21.7. The van der Waals surface area contributed by atoms with Crippen molar-refractivity contribution in [3.8, 4) is 0 Å². The molecule has 2 N–H and O–H groups in total. The maximum Gasteiger partial charge on any atom is 0.0667 e. The molecule has 0 aliphatic heterocycles. The highest BCUT2D eigenvalue weighted by Gasteiger charge is 2.60. The van der Waals surface area contributed by atoms with Crippen molar-refractivity contribution < 1.29 is 10.2 Å². The van der Waals surface area contributed by atoms with Crippen LogP contribution in [-0.4, -0.2) is 22.4 Å². The first-order valence-electron chi connectivity index (χ1n) is 13.5. The maximum absolute atomic E-state index is 10.8. The molecule has 30 heavy (non-hydrogen) atoms. The van der Waals surface area contributed by atoms with E-state index in [9.17, 15) is 10.2 Å². The van der Waals surface area contributed by atoms with Crippen LogP contribution in [0.3, 0.4) is 0 Å². The van der Waals surface area contributed by atoms with Crippen LogP contribution in [0, 0.1) is 52.3 Å². The lowest BCUT2D eigenvalue weighted by atomic mass is 9.44. The number of rotatable bonds is 6. The normalized spacial score (nSPS) is 47.5. The highest BCUT2D eigenvalue weighted by molar-refractivity contribution is 5.09. The van der Waals surface area contributed by atoms with Crippen LogP contribution in [0.2, 0.25) is 0 Å². The van der Waals surface area contributed by atoms with Gasteiger partial charge in [0.15, 0.2) is 0 Å². The second kappa shape index (κ2) is 8.36. The van der Waals surface area contributed by atoms with Gasteiger partial charge in [-0.15, -0.1) is 0 Å². The third kappa shape index (κ3) is 3.70. The third-order valence-corrected chi connectivity index (χ3v) is 11.8. The Morgan fingerprint density at radius 3 is 2.37 bits per heavy atom. The van der Waals surface area contributed by atoms with Gasteiger partial charge in [-0.1, -0.05) is 40.5 Å². The SMILES string of the molecule is CC(CO)[C@](C)(O)CC[C@@H](C)[C@H]1CC[C@H]2[C@@H]3CCC4CCCC[C@]4(C)[C@H]3CC[C@]12C. The number of hydrogen-bond acceptors (Lipinski definition) is 2. The van der Waals surface area contributed by atoms with Crippen LogP contribution in [0.25, 0.3) is 0 Å². The zero-order valence-corrected chi connectivity index (χ0v) is 20.6. The third-order valence-electron chi connectivity index (χ3n) is 11.8. The van der Waals surface area contributed by atoms with Crippen LogP contribution in [0.15, 0.2) is 0 Å². The molecule has 4 aliphatic rings. The van der Waals surface area contributed by atoms with Crippen molar-refractivity contribution in [3.05, 3.63) is 0 Å². The summed E-state index contributed by atoms with van der Waals surface area (Å²) in [7, 11) is 0. The molecule has 0 spiro atoms. The van der Waals surface area contributed by atoms with Crippen molar-refractivity contribution in [2.75, 3.05) is 6.61 Å². The predicted octanol–water partition coefficient (Wildman–Crippen LogP) is 6.83. The Hall–Kier alpha value is -0.0800. The highest BCUT2D eigenvalue weighted by atomic mass is 16.3. The molecule has 0 aromatic heterocycles. The van der Waals surface area contributed by atoms with E-state index in [1.165, 1.54) is 64.2 Å². The molecule has 4 aliphatic carbocycles. The van der Waals surface area contributed by atoms with Gasteiger partial charge in [-0.2, -0.15) is 0 Å². The molecular formula is C28H50O2. The Labute approximate surface area is 186 Å². The lowest BCUT2D eigenvalue weighted by molar-refractivity contribution is -0.115. The van der Waals surface area contributed by atoms with E-state index in [2.05, 4.69) is 20.8 Å². The molecule has 174 valence electrons. The molecule has 2 heteroatoms. The van der Waals surface area contributed by atoms with Gasteiger partial charge in [-0.3, -0.25) is 0 Å². The van der Waals surface area contributed by atoms with Gasteiger partial charge in [0.2, 0.25) is 0 Å². The summed E-state index contributed by atoms with van der Waals surface area (Å²) in [6, 6.07) is 0. The van der Waals surface area contributed by atoms with Gasteiger partial charge in [-0.25, -0.2) is 0 Å². The molecule has 0 amide bonds. The first kappa shape index (κ1) is 23.1. The van der Waals surface area contributed by atoms with Crippen molar-refractivity contribution in [1.82, 2.24) is 0 Å². The van der Waals surface area contributed by atoms with Gasteiger partial charge in [0.1, 0.15) is 0 Å². The molecule has 4 rings (SSSR count). The van der Waals surface area contributed by atoms with E-state index in [0.29, 0.717) is 16.7 Å². The minimum absolute atomic E-state index is 0.0431. The molecule has 0 aromatic rings. The molecule has 0 bridgehead atoms. The van der Waals surface area contributed by atoms with Gasteiger partial charge < -0.3 is 10.2 Å². The van der Waals surface area contributed by atoms with Gasteiger partial charge in [0, 0.05) is 12.5 Å². The predicted molar refractivity (Wildman–Crippen MR) is 125 cm³/mol. The highest BCUT2D eigenvalue weighted by Crippen LogP contribution is 2.68. The summed E-state index contributed by atoms with van der Waals surface area (Å²) >= 11 is 0. The Bertz CT molecular complexity index is 599. The van der Waals surface area contributed by atoms with Crippen LogP contribution < -0.4 is 0 Å². The summed E-state index contributed by atoms with van der Waals surface area (Å²) in [4.78, 5) is 0. The number of aliphatic hydroxyl groups excluding tert-OH is 1. The number of fused-ring (bicyclic) bond motifs is 5. The van der Waals surface area contributed by atoms with Crippen LogP contribution >= 0.6 is 0 Å². The van der Waals surface area contributed by atoms with Gasteiger partial charge in [0.05, 0.1) is 5.60 Å². The first-order valence-corrected chi connectivity index (χ1v) is 13.5. The second-order valence-corrected chi connectivity index (χ2v) is 13.1. The van der Waals surface area contributed by atoms with Crippen LogP contribution in [0.5, 0.6) is 0 Å². The summed E-state index contributed by atoms with van der Waals surface area (Å²) in [6.07, 6.45) is 16.7. The van der Waals surface area contributed by atoms with Crippen molar-refractivity contribution in [1.29, 1.82) is 0 Å². The van der Waals surface area contributed by atoms with Gasteiger partial charge in [-0.05, 0) is 117 Å². The monoisotopic (exact) mass is 418 g/mol. The Morgan fingerprint density at radius 2 is 1.63 bits per heavy atom. The summed E-state index contributed by atoms with van der Waals surface area (Å²) in [5.41, 5.74) is 0.422. The van der Waals surface area contributed by atoms with Crippen molar-refractivity contribution in [3.63, 3.8) is 0 Å². The average Bonchev–Trinajstić information content (AvgIpc) is 3.08. The minimum Gasteiger partial charge on any atom is -0.396 e. The Morgan fingerprint density at radius 1 is 0.900 bits per heavy atom. The van der Waals surface area contributed by atoms with E-state index >= 15 is 0 Å². The lowest BCUT2D eigenvalue weighted by Crippen LogP contribution is -2.53. The fourth-order valence-electron chi connectivity index (χ4n) is 9.43. The quantitative estimate of drug-likeness (QED) is 0.496. The summed E-state index contributed by atoms with van der Waals surface area (Å²) in [5.74, 6) is 5.39. The first-order chi connectivity index (χ1) is 14.1. The lowest BCUT2D eigenvalue weighted by Gasteiger charge is -2.61. The molecule has 2 unspecified atom stereocenters. The Balaban J connectivity index is 1.45. The molecule has 4 fully saturated rings. The number of aliphatic hydroxyl groups is 2. The van der Waals surface area contributed by atoms with Crippen molar-refractivity contribution in [2.45, 2.75) is 117 Å². The summed E-state index contributed by atoms with van der Waals surface area (Å²) in [5, 5.41) is 20.3. The van der Waals surface area contributed by atoms with Gasteiger partial charge in [0.25, 0.3) is 0 Å². The molecule has 4 saturated carbocycles. The van der Waals surface area contributed by atoms with E-state index < -0.39 is 5.60 Å². The second-order valence-electron chi connectivity index (χ2n) is 13.1. The van der Waals surface area contributed by atoms with Crippen LogP contribution in [-0.2, 0) is 0 Å².